The van der Waals surface area contributed by atoms with Crippen molar-refractivity contribution in [2.24, 2.45) is 5.92 Å². The van der Waals surface area contributed by atoms with Gasteiger partial charge < -0.3 is 20.5 Å². The molecule has 0 bridgehead atoms. The molecule has 3 saturated heterocycles. The fourth-order valence-corrected chi connectivity index (χ4v) is 5.98. The molecule has 2 aromatic rings. The first-order chi connectivity index (χ1) is 16.6. The van der Waals surface area contributed by atoms with E-state index in [1.165, 1.54) is 50.1 Å². The average Bonchev–Trinajstić information content (AvgIpc) is 3.39. The molecule has 8 nitrogen and oxygen atoms in total. The van der Waals surface area contributed by atoms with Crippen LogP contribution in [-0.2, 0) is 16.0 Å². The van der Waals surface area contributed by atoms with Gasteiger partial charge in [-0.05, 0) is 69.2 Å². The lowest BCUT2D eigenvalue weighted by Gasteiger charge is -2.44. The Hall–Kier alpha value is -2.87. The first kappa shape index (κ1) is 22.9. The van der Waals surface area contributed by atoms with E-state index >= 15 is 0 Å². The van der Waals surface area contributed by atoms with Crippen LogP contribution < -0.4 is 10.6 Å². The summed E-state index contributed by atoms with van der Waals surface area (Å²) in [5.41, 5.74) is 2.13. The molecule has 3 aliphatic heterocycles. The van der Waals surface area contributed by atoms with Crippen molar-refractivity contribution in [1.82, 2.24) is 25.4 Å². The monoisotopic (exact) mass is 465 g/mol. The van der Waals surface area contributed by atoms with Gasteiger partial charge in [0.2, 0.25) is 5.91 Å². The number of nitrogens with zero attached hydrogens (tertiary/aromatic N) is 2. The summed E-state index contributed by atoms with van der Waals surface area (Å²) in [6.07, 6.45) is 9.28. The number of piperidine rings is 2. The second-order valence-corrected chi connectivity index (χ2v) is 9.95. The maximum atomic E-state index is 12.8. The highest BCUT2D eigenvalue weighted by molar-refractivity contribution is 6.04. The van der Waals surface area contributed by atoms with Crippen LogP contribution in [0.25, 0.3) is 10.9 Å². The lowest BCUT2D eigenvalue weighted by atomic mass is 9.83. The number of para-hydroxylation sites is 1. The lowest BCUT2D eigenvalue weighted by Crippen LogP contribution is -2.51. The molecule has 0 saturated carbocycles. The minimum absolute atomic E-state index is 0.0350. The van der Waals surface area contributed by atoms with Gasteiger partial charge in [0, 0.05) is 42.7 Å². The van der Waals surface area contributed by atoms with Crippen LogP contribution in [0.3, 0.4) is 0 Å². The molecule has 3 atom stereocenters. The van der Waals surface area contributed by atoms with E-state index in [4.69, 9.17) is 0 Å². The van der Waals surface area contributed by atoms with Crippen molar-refractivity contribution in [2.75, 3.05) is 26.2 Å². The Morgan fingerprint density at radius 1 is 1.09 bits per heavy atom. The molecular formula is C26H35N5O3. The molecule has 5 rings (SSSR count). The molecule has 1 aromatic carbocycles. The molecule has 0 radical (unpaired) electrons. The second kappa shape index (κ2) is 10.2. The fourth-order valence-electron chi connectivity index (χ4n) is 5.98. The number of aromatic nitrogens is 1. The lowest BCUT2D eigenvalue weighted by molar-refractivity contribution is -0.127. The van der Waals surface area contributed by atoms with Gasteiger partial charge in [0.25, 0.3) is 5.91 Å². The number of urea groups is 1. The van der Waals surface area contributed by atoms with Crippen molar-refractivity contribution in [2.45, 2.75) is 63.5 Å². The topological polar surface area (TPSA) is 97.5 Å². The molecule has 3 fully saturated rings. The molecule has 4 amide bonds. The van der Waals surface area contributed by atoms with E-state index in [0.29, 0.717) is 37.9 Å². The van der Waals surface area contributed by atoms with E-state index in [-0.39, 0.29) is 24.3 Å². The zero-order valence-corrected chi connectivity index (χ0v) is 19.7. The molecule has 0 spiro atoms. The van der Waals surface area contributed by atoms with Crippen LogP contribution in [0.4, 0.5) is 4.79 Å². The fraction of sp³-hybridized carbons (Fsp3) is 0.577. The third kappa shape index (κ3) is 4.82. The third-order valence-corrected chi connectivity index (χ3v) is 7.84. The Bertz CT molecular complexity index is 1050. The Morgan fingerprint density at radius 2 is 1.94 bits per heavy atom. The van der Waals surface area contributed by atoms with Crippen LogP contribution in [0.15, 0.2) is 30.5 Å². The first-order valence-corrected chi connectivity index (χ1v) is 12.8. The van der Waals surface area contributed by atoms with Gasteiger partial charge in [-0.15, -0.1) is 0 Å². The van der Waals surface area contributed by atoms with Crippen molar-refractivity contribution in [3.63, 3.8) is 0 Å². The predicted molar refractivity (Wildman–Crippen MR) is 130 cm³/mol. The minimum Gasteiger partial charge on any atom is -0.361 e. The molecule has 34 heavy (non-hydrogen) atoms. The molecule has 1 aromatic heterocycles. The van der Waals surface area contributed by atoms with Crippen LogP contribution in [0.2, 0.25) is 0 Å². The van der Waals surface area contributed by atoms with Gasteiger partial charge in [0.15, 0.2) is 0 Å². The number of hydrogen-bond donors (Lipinski definition) is 3. The number of nitrogens with one attached hydrogen (secondary N) is 3. The standard InChI is InChI=1S/C26H35N5O3/c32-24(28-17-19-6-5-14-30-13-4-3-9-23(19)30)11-10-22-25(33)31(26(34)29-22)15-12-18-16-27-21-8-2-1-7-20(18)21/h1-2,7-8,16,19,22-23,27H,3-6,9-15,17H2,(H,28,32)(H,29,34)/t19-,22?,23+/m0/s1. The second-order valence-electron chi connectivity index (χ2n) is 9.95. The van der Waals surface area contributed by atoms with Crippen molar-refractivity contribution in [3.05, 3.63) is 36.0 Å². The Balaban J connectivity index is 1.07. The Morgan fingerprint density at radius 3 is 2.85 bits per heavy atom. The van der Waals surface area contributed by atoms with E-state index in [0.717, 1.165) is 16.5 Å². The summed E-state index contributed by atoms with van der Waals surface area (Å²) < 4.78 is 0. The van der Waals surface area contributed by atoms with Crippen molar-refractivity contribution in [1.29, 1.82) is 0 Å². The molecule has 3 aliphatic rings. The normalized spacial score (nSPS) is 25.4. The number of benzene rings is 1. The number of amides is 4. The van der Waals surface area contributed by atoms with E-state index < -0.39 is 6.04 Å². The molecule has 8 heteroatoms. The third-order valence-electron chi connectivity index (χ3n) is 7.84. The van der Waals surface area contributed by atoms with Gasteiger partial charge in [-0.3, -0.25) is 14.5 Å². The summed E-state index contributed by atoms with van der Waals surface area (Å²) in [4.78, 5) is 44.8. The molecule has 3 N–H and O–H groups in total. The molecular weight excluding hydrogens is 430 g/mol. The van der Waals surface area contributed by atoms with Gasteiger partial charge in [-0.2, -0.15) is 0 Å². The largest absolute Gasteiger partial charge is 0.361 e. The predicted octanol–water partition coefficient (Wildman–Crippen LogP) is 2.79. The SMILES string of the molecule is O=C(CCC1NC(=O)N(CCc2c[nH]c3ccccc23)C1=O)NC[C@@H]1CCCN2CCCC[C@H]12. The molecule has 4 heterocycles. The number of carbonyl (C=O) groups excluding carboxylic acids is 3. The highest BCUT2D eigenvalue weighted by Gasteiger charge is 2.38. The maximum absolute atomic E-state index is 12.8. The maximum Gasteiger partial charge on any atom is 0.324 e. The van der Waals surface area contributed by atoms with Gasteiger partial charge in [-0.25, -0.2) is 4.79 Å². The van der Waals surface area contributed by atoms with Crippen molar-refractivity contribution in [3.8, 4) is 0 Å². The number of hydrogen-bond acceptors (Lipinski definition) is 4. The minimum atomic E-state index is -0.621. The molecule has 0 aliphatic carbocycles. The van der Waals surface area contributed by atoms with Crippen LogP contribution >= 0.6 is 0 Å². The number of imide groups is 1. The zero-order chi connectivity index (χ0) is 23.5. The smallest absolute Gasteiger partial charge is 0.324 e. The van der Waals surface area contributed by atoms with Gasteiger partial charge in [-0.1, -0.05) is 24.6 Å². The summed E-state index contributed by atoms with van der Waals surface area (Å²) in [7, 11) is 0. The van der Waals surface area contributed by atoms with Gasteiger partial charge >= 0.3 is 6.03 Å². The van der Waals surface area contributed by atoms with Crippen molar-refractivity contribution >= 4 is 28.7 Å². The summed E-state index contributed by atoms with van der Waals surface area (Å²) in [6, 6.07) is 7.61. The summed E-state index contributed by atoms with van der Waals surface area (Å²) in [6.45, 7) is 3.42. The van der Waals surface area contributed by atoms with Gasteiger partial charge in [0.05, 0.1) is 0 Å². The number of fused-ring (bicyclic) bond motifs is 2. The number of H-pyrrole nitrogens is 1. The highest BCUT2D eigenvalue weighted by Crippen LogP contribution is 2.30. The number of aromatic amines is 1. The Kier molecular flexibility index (Phi) is 6.85. The number of carbonyl (C=O) groups is 3. The summed E-state index contributed by atoms with van der Waals surface area (Å²) in [5, 5.41) is 6.97. The summed E-state index contributed by atoms with van der Waals surface area (Å²) >= 11 is 0. The van der Waals surface area contributed by atoms with Crippen LogP contribution in [0.1, 0.15) is 50.5 Å². The quantitative estimate of drug-likeness (QED) is 0.522. The van der Waals surface area contributed by atoms with Gasteiger partial charge in [0.1, 0.15) is 6.04 Å². The van der Waals surface area contributed by atoms with E-state index in [2.05, 4.69) is 20.5 Å². The average molecular weight is 466 g/mol. The molecule has 182 valence electrons. The van der Waals surface area contributed by atoms with E-state index in [9.17, 15) is 14.4 Å². The van der Waals surface area contributed by atoms with Crippen LogP contribution in [0, 0.1) is 5.92 Å². The number of rotatable bonds is 8. The van der Waals surface area contributed by atoms with E-state index in [1.807, 2.05) is 30.5 Å². The highest BCUT2D eigenvalue weighted by atomic mass is 16.2. The van der Waals surface area contributed by atoms with E-state index in [1.54, 1.807) is 0 Å². The Labute approximate surface area is 200 Å². The zero-order valence-electron chi connectivity index (χ0n) is 19.7. The van der Waals surface area contributed by atoms with Crippen LogP contribution in [0.5, 0.6) is 0 Å². The summed E-state index contributed by atoms with van der Waals surface area (Å²) in [5.74, 6) is 0.251. The first-order valence-electron chi connectivity index (χ1n) is 12.8. The van der Waals surface area contributed by atoms with Crippen LogP contribution in [-0.4, -0.2) is 70.9 Å². The molecule has 1 unspecified atom stereocenters. The van der Waals surface area contributed by atoms with Crippen molar-refractivity contribution < 1.29 is 14.4 Å².